The van der Waals surface area contributed by atoms with Gasteiger partial charge in [-0.1, -0.05) is 5.92 Å². The molecule has 0 fully saturated rings. The second kappa shape index (κ2) is 3.13. The number of carbonyl (C=O) groups excluding carboxylic acids is 1. The minimum absolute atomic E-state index is 0.000417. The van der Waals surface area contributed by atoms with Gasteiger partial charge in [-0.15, -0.1) is 6.42 Å². The lowest BCUT2D eigenvalue weighted by Crippen LogP contribution is -2.31. The second-order valence-electron chi connectivity index (χ2n) is 1.97. The minimum Gasteiger partial charge on any atom is -0.332 e. The van der Waals surface area contributed by atoms with Crippen LogP contribution in [0, 0.1) is 12.3 Å². The predicted octanol–water partition coefficient (Wildman–Crippen LogP) is 0.486. The van der Waals surface area contributed by atoms with Gasteiger partial charge in [0.25, 0.3) is 0 Å². The Morgan fingerprint density at radius 3 is 2.33 bits per heavy atom. The van der Waals surface area contributed by atoms with E-state index in [-0.39, 0.29) is 11.9 Å². The van der Waals surface area contributed by atoms with Crippen molar-refractivity contribution in [2.75, 3.05) is 7.05 Å². The molecule has 0 heterocycles. The average molecular weight is 125 g/mol. The topological polar surface area (TPSA) is 20.3 Å². The molecule has 0 rings (SSSR count). The third-order valence-corrected chi connectivity index (χ3v) is 1.32. The molecule has 0 aliphatic rings. The number of hydrogen-bond donors (Lipinski definition) is 0. The van der Waals surface area contributed by atoms with Crippen LogP contribution in [0.25, 0.3) is 0 Å². The van der Waals surface area contributed by atoms with Crippen LogP contribution in [-0.2, 0) is 4.79 Å². The highest BCUT2D eigenvalue weighted by molar-refractivity contribution is 5.73. The summed E-state index contributed by atoms with van der Waals surface area (Å²) in [5, 5.41) is 0. The fraction of sp³-hybridized carbons (Fsp3) is 0.571. The summed E-state index contributed by atoms with van der Waals surface area (Å²) in [6.45, 7) is 3.30. The lowest BCUT2D eigenvalue weighted by atomic mass is 10.3. The SMILES string of the molecule is C#C[C@H](C)N(C)C(C)=O. The molecule has 9 heavy (non-hydrogen) atoms. The highest BCUT2D eigenvalue weighted by Gasteiger charge is 2.06. The van der Waals surface area contributed by atoms with Gasteiger partial charge >= 0.3 is 0 Å². The van der Waals surface area contributed by atoms with Crippen molar-refractivity contribution in [3.63, 3.8) is 0 Å². The molecule has 1 amide bonds. The number of carbonyl (C=O) groups is 1. The van der Waals surface area contributed by atoms with E-state index < -0.39 is 0 Å². The molecule has 2 nitrogen and oxygen atoms in total. The Kier molecular flexibility index (Phi) is 2.80. The molecule has 0 aromatic rings. The summed E-state index contributed by atoms with van der Waals surface area (Å²) in [6, 6.07) is -0.0949. The fourth-order valence-electron chi connectivity index (χ4n) is 0.385. The minimum atomic E-state index is -0.0949. The molecule has 0 spiro atoms. The van der Waals surface area contributed by atoms with E-state index in [2.05, 4.69) is 5.92 Å². The summed E-state index contributed by atoms with van der Waals surface area (Å²) >= 11 is 0. The third-order valence-electron chi connectivity index (χ3n) is 1.32. The van der Waals surface area contributed by atoms with Crippen molar-refractivity contribution in [1.82, 2.24) is 4.90 Å². The molecular formula is C7H11NO. The smallest absolute Gasteiger partial charge is 0.220 e. The van der Waals surface area contributed by atoms with Crippen LogP contribution in [0.4, 0.5) is 0 Å². The maximum atomic E-state index is 10.6. The van der Waals surface area contributed by atoms with Gasteiger partial charge in [0.15, 0.2) is 0 Å². The Labute approximate surface area is 55.8 Å². The summed E-state index contributed by atoms with van der Waals surface area (Å²) in [6.07, 6.45) is 5.07. The normalized spacial score (nSPS) is 11.8. The molecular weight excluding hydrogens is 114 g/mol. The van der Waals surface area contributed by atoms with Gasteiger partial charge in [0, 0.05) is 14.0 Å². The maximum absolute atomic E-state index is 10.6. The van der Waals surface area contributed by atoms with Crippen molar-refractivity contribution < 1.29 is 4.79 Å². The first-order chi connectivity index (χ1) is 4.09. The van der Waals surface area contributed by atoms with Crippen molar-refractivity contribution in [2.24, 2.45) is 0 Å². The van der Waals surface area contributed by atoms with Crippen molar-refractivity contribution in [3.05, 3.63) is 0 Å². The van der Waals surface area contributed by atoms with E-state index in [0.29, 0.717) is 0 Å². The van der Waals surface area contributed by atoms with Crippen LogP contribution in [0.15, 0.2) is 0 Å². The van der Waals surface area contributed by atoms with Gasteiger partial charge in [0.05, 0.1) is 6.04 Å². The lowest BCUT2D eigenvalue weighted by molar-refractivity contribution is -0.128. The van der Waals surface area contributed by atoms with E-state index >= 15 is 0 Å². The fourth-order valence-corrected chi connectivity index (χ4v) is 0.385. The van der Waals surface area contributed by atoms with Crippen molar-refractivity contribution >= 4 is 5.91 Å². The van der Waals surface area contributed by atoms with Gasteiger partial charge < -0.3 is 4.90 Å². The molecule has 0 radical (unpaired) electrons. The van der Waals surface area contributed by atoms with E-state index in [4.69, 9.17) is 6.42 Å². The Morgan fingerprint density at radius 1 is 1.78 bits per heavy atom. The number of terminal acetylenes is 1. The van der Waals surface area contributed by atoms with Crippen LogP contribution in [0.1, 0.15) is 13.8 Å². The Morgan fingerprint density at radius 2 is 2.22 bits per heavy atom. The standard InChI is InChI=1S/C7H11NO/c1-5-6(2)8(4)7(3)9/h1,6H,2-4H3/t6-/m0/s1. The number of hydrogen-bond acceptors (Lipinski definition) is 1. The zero-order chi connectivity index (χ0) is 7.44. The van der Waals surface area contributed by atoms with Crippen molar-refractivity contribution in [3.8, 4) is 12.3 Å². The van der Waals surface area contributed by atoms with Crippen LogP contribution < -0.4 is 0 Å². The second-order valence-corrected chi connectivity index (χ2v) is 1.97. The third kappa shape index (κ3) is 2.18. The lowest BCUT2D eigenvalue weighted by Gasteiger charge is -2.17. The molecule has 0 aromatic carbocycles. The van der Waals surface area contributed by atoms with Gasteiger partial charge in [0.1, 0.15) is 0 Å². The molecule has 0 saturated heterocycles. The average Bonchev–Trinajstić information content (AvgIpc) is 1.84. The molecule has 0 N–H and O–H groups in total. The van der Waals surface area contributed by atoms with Crippen LogP contribution in [0.3, 0.4) is 0 Å². The summed E-state index contributed by atoms with van der Waals surface area (Å²) in [7, 11) is 1.69. The van der Waals surface area contributed by atoms with E-state index in [1.54, 1.807) is 14.0 Å². The summed E-state index contributed by atoms with van der Waals surface area (Å²) in [5.74, 6) is 2.45. The van der Waals surface area contributed by atoms with Gasteiger partial charge in [-0.3, -0.25) is 4.79 Å². The van der Waals surface area contributed by atoms with Crippen molar-refractivity contribution in [1.29, 1.82) is 0 Å². The molecule has 0 unspecified atom stereocenters. The summed E-state index contributed by atoms with van der Waals surface area (Å²) < 4.78 is 0. The Hall–Kier alpha value is -0.970. The van der Waals surface area contributed by atoms with Crippen LogP contribution in [-0.4, -0.2) is 23.9 Å². The van der Waals surface area contributed by atoms with E-state index in [1.165, 1.54) is 11.8 Å². The molecule has 1 atom stereocenters. The highest BCUT2D eigenvalue weighted by atomic mass is 16.2. The summed E-state index contributed by atoms with van der Waals surface area (Å²) in [4.78, 5) is 12.1. The molecule has 2 heteroatoms. The first kappa shape index (κ1) is 8.03. The van der Waals surface area contributed by atoms with Crippen LogP contribution in [0.5, 0.6) is 0 Å². The van der Waals surface area contributed by atoms with Gasteiger partial charge in [-0.05, 0) is 6.92 Å². The molecule has 50 valence electrons. The first-order valence-corrected chi connectivity index (χ1v) is 2.79. The monoisotopic (exact) mass is 125 g/mol. The molecule has 0 aliphatic heterocycles. The Balaban J connectivity index is 3.91. The van der Waals surface area contributed by atoms with Gasteiger partial charge in [-0.25, -0.2) is 0 Å². The van der Waals surface area contributed by atoms with Gasteiger partial charge in [0.2, 0.25) is 5.91 Å². The quantitative estimate of drug-likeness (QED) is 0.467. The van der Waals surface area contributed by atoms with E-state index in [1.807, 2.05) is 0 Å². The number of nitrogens with zero attached hydrogens (tertiary/aromatic N) is 1. The highest BCUT2D eigenvalue weighted by Crippen LogP contribution is 1.91. The van der Waals surface area contributed by atoms with E-state index in [0.717, 1.165) is 0 Å². The molecule has 0 bridgehead atoms. The predicted molar refractivity (Wildman–Crippen MR) is 36.7 cm³/mol. The first-order valence-electron chi connectivity index (χ1n) is 2.79. The number of rotatable bonds is 1. The van der Waals surface area contributed by atoms with Crippen molar-refractivity contribution in [2.45, 2.75) is 19.9 Å². The van der Waals surface area contributed by atoms with Crippen LogP contribution in [0.2, 0.25) is 0 Å². The zero-order valence-corrected chi connectivity index (χ0v) is 6.01. The maximum Gasteiger partial charge on any atom is 0.220 e. The summed E-state index contributed by atoms with van der Waals surface area (Å²) in [5.41, 5.74) is 0. The van der Waals surface area contributed by atoms with Gasteiger partial charge in [-0.2, -0.15) is 0 Å². The largest absolute Gasteiger partial charge is 0.332 e. The molecule has 0 aliphatic carbocycles. The number of amides is 1. The molecule has 0 aromatic heterocycles. The Bertz CT molecular complexity index is 145. The molecule has 0 saturated carbocycles. The zero-order valence-electron chi connectivity index (χ0n) is 6.01. The van der Waals surface area contributed by atoms with Crippen LogP contribution >= 0.6 is 0 Å². The van der Waals surface area contributed by atoms with E-state index in [9.17, 15) is 4.79 Å².